The van der Waals surface area contributed by atoms with Crippen LogP contribution in [0.25, 0.3) is 28.5 Å². The number of hydrogen-bond acceptors (Lipinski definition) is 3. The Kier molecular flexibility index (Phi) is 5.85. The van der Waals surface area contributed by atoms with Gasteiger partial charge in [-0.2, -0.15) is 0 Å². The highest BCUT2D eigenvalue weighted by Crippen LogP contribution is 2.24. The number of imidazole rings is 1. The number of hydrogen-bond donors (Lipinski definition) is 2. The number of aryl methyl sites for hydroxylation is 2. The number of carbonyl (C=O) groups excluding carboxylic acids is 1. The fourth-order valence-electron chi connectivity index (χ4n) is 3.32. The van der Waals surface area contributed by atoms with Crippen LogP contribution in [0.5, 0.6) is 5.75 Å². The first-order valence-corrected chi connectivity index (χ1v) is 10.3. The molecule has 4 rings (SSSR count). The van der Waals surface area contributed by atoms with Crippen molar-refractivity contribution < 1.29 is 9.53 Å². The molecule has 5 nitrogen and oxygen atoms in total. The fourth-order valence-corrected chi connectivity index (χ4v) is 3.32. The Balaban J connectivity index is 1.41. The van der Waals surface area contributed by atoms with Gasteiger partial charge in [-0.15, -0.1) is 0 Å². The molecule has 0 fully saturated rings. The minimum Gasteiger partial charge on any atom is -0.494 e. The number of benzene rings is 3. The zero-order valence-electron chi connectivity index (χ0n) is 17.9. The van der Waals surface area contributed by atoms with Gasteiger partial charge in [-0.3, -0.25) is 4.79 Å². The second kappa shape index (κ2) is 8.88. The summed E-state index contributed by atoms with van der Waals surface area (Å²) in [6.45, 7) is 6.76. The molecule has 0 spiro atoms. The molecule has 31 heavy (non-hydrogen) atoms. The lowest BCUT2D eigenvalue weighted by Gasteiger charge is -2.04. The highest BCUT2D eigenvalue weighted by Gasteiger charge is 2.07. The van der Waals surface area contributed by atoms with Crippen molar-refractivity contribution in [2.45, 2.75) is 20.8 Å². The molecule has 0 unspecified atom stereocenters. The first-order valence-electron chi connectivity index (χ1n) is 10.3. The zero-order valence-corrected chi connectivity index (χ0v) is 17.9. The Morgan fingerprint density at radius 1 is 1.03 bits per heavy atom. The molecule has 0 bridgehead atoms. The number of carbonyl (C=O) groups is 1. The van der Waals surface area contributed by atoms with E-state index in [1.54, 1.807) is 6.08 Å². The third-order valence-corrected chi connectivity index (χ3v) is 5.14. The number of aromatic nitrogens is 2. The molecule has 0 atom stereocenters. The SMILES string of the molecule is CCOc1ccc(/C=C/C(=O)Nc2ccc(-c3nc4cc(C)c(C)cc4[nH]3)cc2)cc1. The average Bonchev–Trinajstić information content (AvgIpc) is 3.17. The molecule has 0 saturated heterocycles. The summed E-state index contributed by atoms with van der Waals surface area (Å²) in [5.41, 5.74) is 7.07. The highest BCUT2D eigenvalue weighted by molar-refractivity contribution is 6.02. The average molecular weight is 412 g/mol. The monoisotopic (exact) mass is 411 g/mol. The fraction of sp³-hybridized carbons (Fsp3) is 0.154. The number of rotatable bonds is 6. The molecule has 3 aromatic carbocycles. The molecule has 1 heterocycles. The van der Waals surface area contributed by atoms with E-state index in [2.05, 4.69) is 36.3 Å². The van der Waals surface area contributed by atoms with Crippen molar-refractivity contribution in [3.8, 4) is 17.1 Å². The summed E-state index contributed by atoms with van der Waals surface area (Å²) < 4.78 is 5.42. The van der Waals surface area contributed by atoms with E-state index in [4.69, 9.17) is 9.72 Å². The lowest BCUT2D eigenvalue weighted by atomic mass is 10.1. The first-order chi connectivity index (χ1) is 15.0. The summed E-state index contributed by atoms with van der Waals surface area (Å²) in [4.78, 5) is 20.3. The van der Waals surface area contributed by atoms with E-state index in [0.717, 1.165) is 39.4 Å². The van der Waals surface area contributed by atoms with Crippen molar-refractivity contribution in [1.29, 1.82) is 0 Å². The Morgan fingerprint density at radius 2 is 1.74 bits per heavy atom. The van der Waals surface area contributed by atoms with Crippen molar-refractivity contribution in [2.24, 2.45) is 0 Å². The summed E-state index contributed by atoms with van der Waals surface area (Å²) in [5.74, 6) is 1.45. The summed E-state index contributed by atoms with van der Waals surface area (Å²) in [6, 6.07) is 19.5. The van der Waals surface area contributed by atoms with Gasteiger partial charge in [-0.05, 0) is 92.1 Å². The van der Waals surface area contributed by atoms with Gasteiger partial charge in [-0.1, -0.05) is 12.1 Å². The summed E-state index contributed by atoms with van der Waals surface area (Å²) in [7, 11) is 0. The van der Waals surface area contributed by atoms with Crippen LogP contribution >= 0.6 is 0 Å². The van der Waals surface area contributed by atoms with Crippen LogP contribution < -0.4 is 10.1 Å². The van der Waals surface area contributed by atoms with E-state index < -0.39 is 0 Å². The predicted molar refractivity (Wildman–Crippen MR) is 126 cm³/mol. The van der Waals surface area contributed by atoms with Gasteiger partial charge in [0.25, 0.3) is 0 Å². The van der Waals surface area contributed by atoms with Gasteiger partial charge in [0.15, 0.2) is 0 Å². The molecule has 0 saturated carbocycles. The summed E-state index contributed by atoms with van der Waals surface area (Å²) >= 11 is 0. The van der Waals surface area contributed by atoms with Gasteiger partial charge >= 0.3 is 0 Å². The Bertz CT molecular complexity index is 1200. The van der Waals surface area contributed by atoms with E-state index in [-0.39, 0.29) is 5.91 Å². The molecule has 1 aromatic heterocycles. The van der Waals surface area contributed by atoms with E-state index in [0.29, 0.717) is 6.61 Å². The maximum atomic E-state index is 12.3. The third-order valence-electron chi connectivity index (χ3n) is 5.14. The number of fused-ring (bicyclic) bond motifs is 1. The third kappa shape index (κ3) is 4.83. The van der Waals surface area contributed by atoms with Gasteiger partial charge in [-0.25, -0.2) is 4.98 Å². The molecule has 156 valence electrons. The Hall–Kier alpha value is -3.86. The standard InChI is InChI=1S/C26H25N3O2/c1-4-31-22-12-5-19(6-13-22)7-14-25(30)27-21-10-8-20(9-11-21)26-28-23-15-17(2)18(3)16-24(23)29-26/h5-16H,4H2,1-3H3,(H,27,30)(H,28,29)/b14-7+. The van der Waals surface area contributed by atoms with Gasteiger partial charge in [0.1, 0.15) is 11.6 Å². The van der Waals surface area contributed by atoms with E-state index in [1.807, 2.05) is 55.5 Å². The number of ether oxygens (including phenoxy) is 1. The highest BCUT2D eigenvalue weighted by atomic mass is 16.5. The van der Waals surface area contributed by atoms with E-state index in [1.165, 1.54) is 17.2 Å². The second-order valence-electron chi connectivity index (χ2n) is 7.44. The molecule has 0 radical (unpaired) electrons. The lowest BCUT2D eigenvalue weighted by Crippen LogP contribution is -2.07. The Morgan fingerprint density at radius 3 is 2.45 bits per heavy atom. The van der Waals surface area contributed by atoms with Gasteiger partial charge in [0.05, 0.1) is 17.6 Å². The number of amides is 1. The predicted octanol–water partition coefficient (Wildman–Crippen LogP) is 5.90. The number of nitrogens with zero attached hydrogens (tertiary/aromatic N) is 1. The smallest absolute Gasteiger partial charge is 0.248 e. The molecule has 2 N–H and O–H groups in total. The van der Waals surface area contributed by atoms with Crippen molar-refractivity contribution >= 4 is 28.7 Å². The number of nitrogens with one attached hydrogen (secondary N) is 2. The number of aromatic amines is 1. The molecule has 1 amide bonds. The molecule has 0 aliphatic rings. The van der Waals surface area contributed by atoms with Crippen LogP contribution in [0, 0.1) is 13.8 Å². The van der Waals surface area contributed by atoms with Crippen LogP contribution in [-0.4, -0.2) is 22.5 Å². The van der Waals surface area contributed by atoms with E-state index >= 15 is 0 Å². The minimum atomic E-state index is -0.184. The summed E-state index contributed by atoms with van der Waals surface area (Å²) in [5, 5.41) is 2.88. The largest absolute Gasteiger partial charge is 0.494 e. The van der Waals surface area contributed by atoms with Crippen LogP contribution in [0.4, 0.5) is 5.69 Å². The van der Waals surface area contributed by atoms with Crippen LogP contribution in [-0.2, 0) is 4.79 Å². The first kappa shape index (κ1) is 20.4. The van der Waals surface area contributed by atoms with Crippen LogP contribution in [0.1, 0.15) is 23.6 Å². The molecule has 4 aromatic rings. The van der Waals surface area contributed by atoms with Crippen molar-refractivity contribution in [3.63, 3.8) is 0 Å². The van der Waals surface area contributed by atoms with Crippen LogP contribution in [0.2, 0.25) is 0 Å². The molecular formula is C26H25N3O2. The maximum absolute atomic E-state index is 12.3. The molecule has 0 aliphatic heterocycles. The normalized spacial score (nSPS) is 11.2. The lowest BCUT2D eigenvalue weighted by molar-refractivity contribution is -0.111. The molecule has 5 heteroatoms. The number of H-pyrrole nitrogens is 1. The molecular weight excluding hydrogens is 386 g/mol. The quantitative estimate of drug-likeness (QED) is 0.388. The number of anilines is 1. The molecule has 0 aliphatic carbocycles. The van der Waals surface area contributed by atoms with E-state index in [9.17, 15) is 4.79 Å². The minimum absolute atomic E-state index is 0.184. The van der Waals surface area contributed by atoms with Gasteiger partial charge in [0, 0.05) is 17.3 Å². The van der Waals surface area contributed by atoms with Crippen molar-refractivity contribution in [2.75, 3.05) is 11.9 Å². The van der Waals surface area contributed by atoms with Crippen LogP contribution in [0.3, 0.4) is 0 Å². The van der Waals surface area contributed by atoms with Gasteiger partial charge < -0.3 is 15.0 Å². The van der Waals surface area contributed by atoms with Crippen LogP contribution in [0.15, 0.2) is 66.7 Å². The second-order valence-corrected chi connectivity index (χ2v) is 7.44. The van der Waals surface area contributed by atoms with Gasteiger partial charge in [0.2, 0.25) is 5.91 Å². The summed E-state index contributed by atoms with van der Waals surface area (Å²) in [6.07, 6.45) is 3.30. The maximum Gasteiger partial charge on any atom is 0.248 e. The zero-order chi connectivity index (χ0) is 21.8. The Labute approximate surface area is 181 Å². The van der Waals surface area contributed by atoms with Crippen molar-refractivity contribution in [1.82, 2.24) is 9.97 Å². The van der Waals surface area contributed by atoms with Crippen molar-refractivity contribution in [3.05, 3.63) is 83.4 Å². The topological polar surface area (TPSA) is 67.0 Å².